The van der Waals surface area contributed by atoms with E-state index >= 15 is 0 Å². The predicted molar refractivity (Wildman–Crippen MR) is 68.3 cm³/mol. The molecule has 0 rings (SSSR count). The highest BCUT2D eigenvalue weighted by molar-refractivity contribution is 5.76. The highest BCUT2D eigenvalue weighted by Gasteiger charge is 2.18. The molecule has 0 radical (unpaired) electrons. The number of rotatable bonds is 6. The molecule has 0 aromatic heterocycles. The van der Waals surface area contributed by atoms with Crippen LogP contribution in [0.25, 0.3) is 0 Å². The zero-order valence-electron chi connectivity index (χ0n) is 10.9. The Morgan fingerprint density at radius 1 is 1.35 bits per heavy atom. The molecule has 0 aromatic rings. The van der Waals surface area contributed by atoms with Crippen LogP contribution in [-0.2, 0) is 9.53 Å². The lowest BCUT2D eigenvalue weighted by Crippen LogP contribution is -2.34. The van der Waals surface area contributed by atoms with Crippen LogP contribution in [0, 0.1) is 5.41 Å². The van der Waals surface area contributed by atoms with Gasteiger partial charge in [0, 0.05) is 6.54 Å². The van der Waals surface area contributed by atoms with Gasteiger partial charge in [0.15, 0.2) is 5.96 Å². The van der Waals surface area contributed by atoms with E-state index < -0.39 is 6.04 Å². The summed E-state index contributed by atoms with van der Waals surface area (Å²) >= 11 is 0. The Labute approximate surface area is 103 Å². The Hall–Kier alpha value is -1.30. The molecule has 6 N–H and O–H groups in total. The Morgan fingerprint density at radius 3 is 2.41 bits per heavy atom. The number of hydrogen-bond acceptors (Lipinski definition) is 4. The molecule has 0 aliphatic heterocycles. The van der Waals surface area contributed by atoms with E-state index in [4.69, 9.17) is 21.9 Å². The molecule has 0 aromatic carbocycles. The fourth-order valence-electron chi connectivity index (χ4n) is 1.03. The van der Waals surface area contributed by atoms with Crippen LogP contribution in [-0.4, -0.2) is 31.1 Å². The van der Waals surface area contributed by atoms with Crippen molar-refractivity contribution >= 4 is 11.9 Å². The maximum absolute atomic E-state index is 11.5. The van der Waals surface area contributed by atoms with Crippen LogP contribution in [0.3, 0.4) is 0 Å². The standard InChI is InChI=1S/C11H24N4O2/c1-11(2,3)7-17-9(16)8(12)5-4-6-15-10(13)14/h8H,4-7,12H2,1-3H3,(H4,13,14,15). The maximum Gasteiger partial charge on any atom is 0.322 e. The molecule has 0 bridgehead atoms. The van der Waals surface area contributed by atoms with Crippen molar-refractivity contribution in [1.29, 1.82) is 0 Å². The van der Waals surface area contributed by atoms with Crippen molar-refractivity contribution < 1.29 is 9.53 Å². The van der Waals surface area contributed by atoms with Gasteiger partial charge in [-0.25, -0.2) is 0 Å². The number of ether oxygens (including phenoxy) is 1. The first-order chi connectivity index (χ1) is 7.72. The molecule has 0 saturated carbocycles. The molecule has 6 heteroatoms. The van der Waals surface area contributed by atoms with Crippen LogP contribution < -0.4 is 17.2 Å². The molecule has 0 aliphatic carbocycles. The molecular formula is C11H24N4O2. The number of nitrogens with zero attached hydrogens (tertiary/aromatic N) is 1. The molecule has 0 fully saturated rings. The van der Waals surface area contributed by atoms with Crippen LogP contribution in [0.5, 0.6) is 0 Å². The average Bonchev–Trinajstić information content (AvgIpc) is 2.19. The highest BCUT2D eigenvalue weighted by atomic mass is 16.5. The summed E-state index contributed by atoms with van der Waals surface area (Å²) in [7, 11) is 0. The summed E-state index contributed by atoms with van der Waals surface area (Å²) in [4.78, 5) is 15.3. The number of carbonyl (C=O) groups is 1. The molecule has 0 amide bonds. The minimum absolute atomic E-state index is 0.0479. The lowest BCUT2D eigenvalue weighted by molar-refractivity contribution is -0.148. The second-order valence-electron chi connectivity index (χ2n) is 5.22. The molecule has 0 saturated heterocycles. The third-order valence-electron chi connectivity index (χ3n) is 1.92. The first-order valence-electron chi connectivity index (χ1n) is 5.70. The Morgan fingerprint density at radius 2 is 1.94 bits per heavy atom. The molecule has 100 valence electrons. The zero-order chi connectivity index (χ0) is 13.5. The summed E-state index contributed by atoms with van der Waals surface area (Å²) in [6.45, 7) is 6.82. The number of hydrogen-bond donors (Lipinski definition) is 3. The second kappa shape index (κ2) is 7.11. The van der Waals surface area contributed by atoms with Gasteiger partial charge < -0.3 is 21.9 Å². The fourth-order valence-corrected chi connectivity index (χ4v) is 1.03. The monoisotopic (exact) mass is 244 g/mol. The quantitative estimate of drug-likeness (QED) is 0.262. The van der Waals surface area contributed by atoms with Gasteiger partial charge in [0.2, 0.25) is 0 Å². The van der Waals surface area contributed by atoms with E-state index in [9.17, 15) is 4.79 Å². The van der Waals surface area contributed by atoms with Crippen molar-refractivity contribution in [2.75, 3.05) is 13.2 Å². The molecule has 0 aliphatic rings. The Kier molecular flexibility index (Phi) is 6.57. The minimum atomic E-state index is -0.605. The van der Waals surface area contributed by atoms with Crippen molar-refractivity contribution in [3.05, 3.63) is 0 Å². The average molecular weight is 244 g/mol. The van der Waals surface area contributed by atoms with E-state index in [1.807, 2.05) is 20.8 Å². The van der Waals surface area contributed by atoms with Crippen LogP contribution in [0.15, 0.2) is 4.99 Å². The lowest BCUT2D eigenvalue weighted by Gasteiger charge is -2.19. The highest BCUT2D eigenvalue weighted by Crippen LogP contribution is 2.13. The summed E-state index contributed by atoms with van der Waals surface area (Å²) in [5, 5.41) is 0. The van der Waals surface area contributed by atoms with E-state index in [0.29, 0.717) is 26.0 Å². The predicted octanol–water partition coefficient (Wildman–Crippen LogP) is -0.0434. The molecule has 6 nitrogen and oxygen atoms in total. The van der Waals surface area contributed by atoms with Gasteiger partial charge in [0.1, 0.15) is 6.04 Å². The Bertz CT molecular complexity index is 267. The SMILES string of the molecule is CC(C)(C)COC(=O)C(N)CCCN=C(N)N. The molecule has 17 heavy (non-hydrogen) atoms. The minimum Gasteiger partial charge on any atom is -0.464 e. The van der Waals surface area contributed by atoms with Gasteiger partial charge in [-0.3, -0.25) is 9.79 Å². The van der Waals surface area contributed by atoms with Crippen molar-refractivity contribution in [2.24, 2.45) is 27.6 Å². The lowest BCUT2D eigenvalue weighted by atomic mass is 9.99. The molecule has 1 atom stereocenters. The third kappa shape index (κ3) is 9.62. The summed E-state index contributed by atoms with van der Waals surface area (Å²) in [6, 6.07) is -0.605. The van der Waals surface area contributed by atoms with Crippen molar-refractivity contribution in [2.45, 2.75) is 39.7 Å². The number of carbonyl (C=O) groups excluding carboxylic acids is 1. The van der Waals surface area contributed by atoms with Gasteiger partial charge in [0.05, 0.1) is 6.61 Å². The zero-order valence-corrected chi connectivity index (χ0v) is 10.9. The molecular weight excluding hydrogens is 220 g/mol. The number of guanidine groups is 1. The summed E-state index contributed by atoms with van der Waals surface area (Å²) < 4.78 is 5.10. The topological polar surface area (TPSA) is 117 Å². The molecule has 0 heterocycles. The normalized spacial score (nSPS) is 12.9. The summed E-state index contributed by atoms with van der Waals surface area (Å²) in [5.41, 5.74) is 16.0. The number of esters is 1. The number of aliphatic imine (C=N–C) groups is 1. The molecule has 0 spiro atoms. The van der Waals surface area contributed by atoms with Crippen LogP contribution in [0.1, 0.15) is 33.6 Å². The number of nitrogens with two attached hydrogens (primary N) is 3. The third-order valence-corrected chi connectivity index (χ3v) is 1.92. The van der Waals surface area contributed by atoms with Gasteiger partial charge >= 0.3 is 5.97 Å². The van der Waals surface area contributed by atoms with Crippen LogP contribution >= 0.6 is 0 Å². The first kappa shape index (κ1) is 15.7. The van der Waals surface area contributed by atoms with Gasteiger partial charge in [-0.05, 0) is 18.3 Å². The van der Waals surface area contributed by atoms with Crippen LogP contribution in [0.2, 0.25) is 0 Å². The van der Waals surface area contributed by atoms with Crippen molar-refractivity contribution in [3.8, 4) is 0 Å². The Balaban J connectivity index is 3.79. The van der Waals surface area contributed by atoms with Crippen molar-refractivity contribution in [1.82, 2.24) is 0 Å². The molecule has 1 unspecified atom stereocenters. The largest absolute Gasteiger partial charge is 0.464 e. The second-order valence-corrected chi connectivity index (χ2v) is 5.22. The van der Waals surface area contributed by atoms with Gasteiger partial charge in [-0.1, -0.05) is 20.8 Å². The first-order valence-corrected chi connectivity index (χ1v) is 5.70. The van der Waals surface area contributed by atoms with Gasteiger partial charge in [0.25, 0.3) is 0 Å². The fraction of sp³-hybridized carbons (Fsp3) is 0.818. The maximum atomic E-state index is 11.5. The van der Waals surface area contributed by atoms with E-state index in [1.54, 1.807) is 0 Å². The van der Waals surface area contributed by atoms with Crippen molar-refractivity contribution in [3.63, 3.8) is 0 Å². The van der Waals surface area contributed by atoms with E-state index in [1.165, 1.54) is 0 Å². The van der Waals surface area contributed by atoms with E-state index in [-0.39, 0.29) is 17.3 Å². The van der Waals surface area contributed by atoms with E-state index in [2.05, 4.69) is 4.99 Å². The van der Waals surface area contributed by atoms with Gasteiger partial charge in [-0.2, -0.15) is 0 Å². The van der Waals surface area contributed by atoms with Gasteiger partial charge in [-0.15, -0.1) is 0 Å². The smallest absolute Gasteiger partial charge is 0.322 e. The van der Waals surface area contributed by atoms with Crippen LogP contribution in [0.4, 0.5) is 0 Å². The summed E-state index contributed by atoms with van der Waals surface area (Å²) in [5.74, 6) is -0.321. The summed E-state index contributed by atoms with van der Waals surface area (Å²) in [6.07, 6.45) is 1.17. The van der Waals surface area contributed by atoms with E-state index in [0.717, 1.165) is 0 Å².